The fraction of sp³-hybridized carbons (Fsp3) is 0.375. The van der Waals surface area contributed by atoms with Crippen molar-refractivity contribution in [2.45, 2.75) is 30.6 Å². The van der Waals surface area contributed by atoms with Crippen LogP contribution in [0, 0.1) is 5.92 Å². The molecule has 172 valence electrons. The zero-order chi connectivity index (χ0) is 23.0. The predicted octanol–water partition coefficient (Wildman–Crippen LogP) is 2.36. The summed E-state index contributed by atoms with van der Waals surface area (Å²) in [6.07, 6.45) is 9.39. The summed E-state index contributed by atoms with van der Waals surface area (Å²) < 4.78 is 32.1. The van der Waals surface area contributed by atoms with Crippen LogP contribution in [0.4, 0.5) is 0 Å². The van der Waals surface area contributed by atoms with Gasteiger partial charge < -0.3 is 10.1 Å². The van der Waals surface area contributed by atoms with Gasteiger partial charge in [-0.15, -0.1) is 0 Å². The van der Waals surface area contributed by atoms with Crippen molar-refractivity contribution in [3.8, 4) is 0 Å². The molecule has 4 aliphatic rings. The van der Waals surface area contributed by atoms with E-state index in [-0.39, 0.29) is 16.7 Å². The molecule has 2 heterocycles. The molecule has 1 N–H and O–H groups in total. The summed E-state index contributed by atoms with van der Waals surface area (Å²) in [6.45, 7) is 1.37. The maximum absolute atomic E-state index is 12.7. The first-order chi connectivity index (χ1) is 15.9. The molecule has 1 fully saturated rings. The molecule has 0 saturated carbocycles. The summed E-state index contributed by atoms with van der Waals surface area (Å²) in [7, 11) is -3.62. The first-order valence-electron chi connectivity index (χ1n) is 11.2. The molecule has 1 aromatic rings. The SMILES string of the molecule is O=C1NC2=CC(=NC(=O)c3ccc(S(=O)(=O)N4CCOCC4)cc3)C=CC2C2=C1CCCC2. The Bertz CT molecular complexity index is 1220. The third-order valence-electron chi connectivity index (χ3n) is 6.46. The number of aliphatic imine (C=N–C) groups is 1. The van der Waals surface area contributed by atoms with Crippen molar-refractivity contribution < 1.29 is 22.7 Å². The average Bonchev–Trinajstić information content (AvgIpc) is 2.85. The minimum absolute atomic E-state index is 0.0386. The van der Waals surface area contributed by atoms with Crippen molar-refractivity contribution in [1.29, 1.82) is 0 Å². The van der Waals surface area contributed by atoms with Crippen LogP contribution < -0.4 is 5.32 Å². The number of amides is 2. The van der Waals surface area contributed by atoms with Gasteiger partial charge in [-0.2, -0.15) is 4.31 Å². The highest BCUT2D eigenvalue weighted by molar-refractivity contribution is 7.89. The monoisotopic (exact) mass is 467 g/mol. The van der Waals surface area contributed by atoms with Gasteiger partial charge in [0, 0.05) is 35.8 Å². The van der Waals surface area contributed by atoms with Gasteiger partial charge in [0.25, 0.3) is 11.8 Å². The van der Waals surface area contributed by atoms with Gasteiger partial charge >= 0.3 is 0 Å². The van der Waals surface area contributed by atoms with Crippen LogP contribution in [0.5, 0.6) is 0 Å². The molecule has 5 rings (SSSR count). The number of sulfonamides is 1. The number of fused-ring (bicyclic) bond motifs is 2. The quantitative estimate of drug-likeness (QED) is 0.735. The zero-order valence-corrected chi connectivity index (χ0v) is 18.9. The van der Waals surface area contributed by atoms with Gasteiger partial charge in [0.05, 0.1) is 23.8 Å². The van der Waals surface area contributed by atoms with Crippen LogP contribution in [0.3, 0.4) is 0 Å². The van der Waals surface area contributed by atoms with E-state index in [2.05, 4.69) is 10.3 Å². The van der Waals surface area contributed by atoms with Gasteiger partial charge in [-0.3, -0.25) is 9.59 Å². The van der Waals surface area contributed by atoms with Gasteiger partial charge in [-0.05, 0) is 67.7 Å². The number of benzene rings is 1. The Labute approximate surface area is 192 Å². The fourth-order valence-corrected chi connectivity index (χ4v) is 6.12. The Hall–Kier alpha value is -2.88. The standard InChI is InChI=1S/C24H25N3O5S/c28-23(16-5-8-18(9-6-16)33(30,31)27-11-13-32-14-12-27)25-17-7-10-20-19-3-1-2-4-21(19)24(29)26-22(20)15-17/h5-10,15,20H,1-4,11-14H2,(H,26,29). The molecule has 1 aromatic carbocycles. The van der Waals surface area contributed by atoms with E-state index in [0.717, 1.165) is 37.0 Å². The summed E-state index contributed by atoms with van der Waals surface area (Å²) in [5, 5.41) is 2.96. The molecule has 0 bridgehead atoms. The number of morpholine rings is 1. The summed E-state index contributed by atoms with van der Waals surface area (Å²) >= 11 is 0. The minimum Gasteiger partial charge on any atom is -0.379 e. The maximum Gasteiger partial charge on any atom is 0.277 e. The van der Waals surface area contributed by atoms with Crippen molar-refractivity contribution in [1.82, 2.24) is 9.62 Å². The number of rotatable bonds is 3. The maximum atomic E-state index is 12.7. The average molecular weight is 468 g/mol. The van der Waals surface area contributed by atoms with Crippen molar-refractivity contribution in [3.05, 3.63) is 64.9 Å². The lowest BCUT2D eigenvalue weighted by atomic mass is 9.77. The number of carbonyl (C=O) groups is 2. The number of nitrogens with one attached hydrogen (secondary N) is 1. The Morgan fingerprint density at radius 2 is 1.82 bits per heavy atom. The lowest BCUT2D eigenvalue weighted by molar-refractivity contribution is -0.117. The van der Waals surface area contributed by atoms with Crippen molar-refractivity contribution in [2.24, 2.45) is 10.9 Å². The van der Waals surface area contributed by atoms with Gasteiger partial charge in [0.2, 0.25) is 10.0 Å². The summed E-state index contributed by atoms with van der Waals surface area (Å²) in [4.78, 5) is 29.5. The molecule has 0 aromatic heterocycles. The highest BCUT2D eigenvalue weighted by atomic mass is 32.2. The molecule has 2 aliphatic heterocycles. The highest BCUT2D eigenvalue weighted by Gasteiger charge is 2.33. The van der Waals surface area contributed by atoms with Crippen LogP contribution in [0.2, 0.25) is 0 Å². The molecule has 8 nitrogen and oxygen atoms in total. The van der Waals surface area contributed by atoms with E-state index in [4.69, 9.17) is 4.74 Å². The van der Waals surface area contributed by atoms with Crippen LogP contribution in [-0.4, -0.2) is 56.6 Å². The van der Waals surface area contributed by atoms with Crippen LogP contribution >= 0.6 is 0 Å². The first-order valence-corrected chi connectivity index (χ1v) is 12.6. The van der Waals surface area contributed by atoms with E-state index in [1.165, 1.54) is 34.1 Å². The number of hydrogen-bond acceptors (Lipinski definition) is 5. The topological polar surface area (TPSA) is 105 Å². The molecule has 2 amide bonds. The predicted molar refractivity (Wildman–Crippen MR) is 122 cm³/mol. The normalized spacial score (nSPS) is 24.7. The molecular weight excluding hydrogens is 442 g/mol. The summed E-state index contributed by atoms with van der Waals surface area (Å²) in [6, 6.07) is 5.82. The highest BCUT2D eigenvalue weighted by Crippen LogP contribution is 2.38. The minimum atomic E-state index is -3.62. The van der Waals surface area contributed by atoms with E-state index < -0.39 is 15.9 Å². The Morgan fingerprint density at radius 1 is 1.09 bits per heavy atom. The molecule has 1 unspecified atom stereocenters. The lowest BCUT2D eigenvalue weighted by Gasteiger charge is -2.33. The van der Waals surface area contributed by atoms with Crippen LogP contribution in [0.15, 0.2) is 69.2 Å². The second-order valence-corrected chi connectivity index (χ2v) is 10.4. The Morgan fingerprint density at radius 3 is 2.58 bits per heavy atom. The molecule has 0 radical (unpaired) electrons. The number of hydrogen-bond donors (Lipinski definition) is 1. The smallest absolute Gasteiger partial charge is 0.277 e. The molecule has 9 heteroatoms. The molecule has 33 heavy (non-hydrogen) atoms. The number of allylic oxidation sites excluding steroid dienone is 3. The van der Waals surface area contributed by atoms with E-state index in [0.29, 0.717) is 37.6 Å². The van der Waals surface area contributed by atoms with Crippen LogP contribution in [-0.2, 0) is 19.6 Å². The van der Waals surface area contributed by atoms with Crippen molar-refractivity contribution in [2.75, 3.05) is 26.3 Å². The molecule has 1 atom stereocenters. The van der Waals surface area contributed by atoms with Crippen molar-refractivity contribution in [3.63, 3.8) is 0 Å². The van der Waals surface area contributed by atoms with E-state index >= 15 is 0 Å². The number of ether oxygens (including phenoxy) is 1. The molecule has 1 saturated heterocycles. The summed E-state index contributed by atoms with van der Waals surface area (Å²) in [5.74, 6) is -0.484. The molecular formula is C24H25N3O5S. The third kappa shape index (κ3) is 4.23. The number of carbonyl (C=O) groups excluding carboxylic acids is 2. The van der Waals surface area contributed by atoms with Crippen LogP contribution in [0.25, 0.3) is 0 Å². The number of nitrogens with zero attached hydrogens (tertiary/aromatic N) is 2. The summed E-state index contributed by atoms with van der Waals surface area (Å²) in [5.41, 5.74) is 3.58. The lowest BCUT2D eigenvalue weighted by Crippen LogP contribution is -2.40. The van der Waals surface area contributed by atoms with Crippen LogP contribution in [0.1, 0.15) is 36.0 Å². The Balaban J connectivity index is 1.33. The van der Waals surface area contributed by atoms with Gasteiger partial charge in [0.15, 0.2) is 0 Å². The molecule has 0 spiro atoms. The van der Waals surface area contributed by atoms with Gasteiger partial charge in [-0.1, -0.05) is 6.08 Å². The second kappa shape index (κ2) is 8.81. The van der Waals surface area contributed by atoms with E-state index in [9.17, 15) is 18.0 Å². The zero-order valence-electron chi connectivity index (χ0n) is 18.1. The first kappa shape index (κ1) is 21.9. The van der Waals surface area contributed by atoms with Crippen molar-refractivity contribution >= 4 is 27.5 Å². The third-order valence-corrected chi connectivity index (χ3v) is 8.37. The molecule has 2 aliphatic carbocycles. The largest absolute Gasteiger partial charge is 0.379 e. The van der Waals surface area contributed by atoms with Gasteiger partial charge in [0.1, 0.15) is 0 Å². The Kier molecular flexibility index (Phi) is 5.86. The van der Waals surface area contributed by atoms with Gasteiger partial charge in [-0.25, -0.2) is 13.4 Å². The van der Waals surface area contributed by atoms with E-state index in [1.807, 2.05) is 6.08 Å². The fourth-order valence-electron chi connectivity index (χ4n) is 4.71. The second-order valence-electron chi connectivity index (χ2n) is 8.48. The van der Waals surface area contributed by atoms with E-state index in [1.54, 1.807) is 12.2 Å².